The molecule has 0 radical (unpaired) electrons. The molecule has 0 saturated carbocycles. The van der Waals surface area contributed by atoms with Crippen LogP contribution in [0.5, 0.6) is 0 Å². The van der Waals surface area contributed by atoms with Gasteiger partial charge in [0.05, 0.1) is 10.1 Å². The van der Waals surface area contributed by atoms with E-state index in [0.717, 1.165) is 0 Å². The molecule has 0 aromatic heterocycles. The monoisotopic (exact) mass is 364 g/mol. The molecule has 0 aliphatic carbocycles. The van der Waals surface area contributed by atoms with Crippen molar-refractivity contribution < 1.29 is 67.2 Å². The number of carbonyl (C=O) groups is 1. The summed E-state index contributed by atoms with van der Waals surface area (Å²) >= 11 is 0. The van der Waals surface area contributed by atoms with E-state index in [2.05, 4.69) is 9.68 Å². The van der Waals surface area contributed by atoms with Gasteiger partial charge in [0.1, 0.15) is 0 Å². The summed E-state index contributed by atoms with van der Waals surface area (Å²) in [4.78, 5) is 14.9. The Hall–Kier alpha value is -1.65. The Kier molecular flexibility index (Phi) is 5.42. The lowest BCUT2D eigenvalue weighted by molar-refractivity contribution is -0.491. The Bertz CT molecular complexity index is 330. The maximum absolute atomic E-state index is 11.8. The highest BCUT2D eigenvalue weighted by Gasteiger charge is 2.61. The van der Waals surface area contributed by atoms with Gasteiger partial charge in [-0.2, -0.15) is 57.5 Å². The van der Waals surface area contributed by atoms with Gasteiger partial charge in [0.15, 0.2) is 0 Å². The number of hydrogen-bond acceptors (Lipinski definition) is 5. The van der Waals surface area contributed by atoms with Crippen LogP contribution in [0.1, 0.15) is 0 Å². The Morgan fingerprint density at radius 3 is 0.864 bits per heavy atom. The first kappa shape index (κ1) is 20.3. The fourth-order valence-electron chi connectivity index (χ4n) is 0.660. The molecule has 0 spiro atoms. The van der Waals surface area contributed by atoms with E-state index in [1.807, 2.05) is 0 Å². The van der Waals surface area contributed by atoms with Crippen LogP contribution in [0.25, 0.3) is 0 Å². The molecule has 0 rings (SSSR count). The second-order valence-corrected chi connectivity index (χ2v) is 2.89. The Labute approximate surface area is 110 Å². The van der Waals surface area contributed by atoms with Crippen LogP contribution >= 0.6 is 0 Å². The predicted molar refractivity (Wildman–Crippen MR) is 35.5 cm³/mol. The molecule has 0 aromatic rings. The van der Waals surface area contributed by atoms with Crippen LogP contribution in [-0.4, -0.2) is 41.5 Å². The predicted octanol–water partition coefficient (Wildman–Crippen LogP) is 3.65. The van der Waals surface area contributed by atoms with Crippen molar-refractivity contribution in [3.8, 4) is 0 Å². The van der Waals surface area contributed by atoms with Crippen molar-refractivity contribution >= 4 is 6.16 Å². The van der Waals surface area contributed by atoms with Gasteiger partial charge in [-0.25, -0.2) is 0 Å². The molecule has 132 valence electrons. The smallest absolute Gasteiger partial charge is 0.318 e. The highest BCUT2D eigenvalue weighted by molar-refractivity contribution is 5.59. The highest BCUT2D eigenvalue weighted by Crippen LogP contribution is 2.36. The van der Waals surface area contributed by atoms with Crippen molar-refractivity contribution in [2.45, 2.75) is 25.2 Å². The van der Waals surface area contributed by atoms with E-state index in [1.165, 1.54) is 0 Å². The number of nitrogens with zero attached hydrogens (tertiary/aromatic N) is 2. The van der Waals surface area contributed by atoms with Gasteiger partial charge in [-0.15, -0.1) is 0 Å². The average Bonchev–Trinajstić information content (AvgIpc) is 2.15. The van der Waals surface area contributed by atoms with E-state index in [4.69, 9.17) is 0 Å². The van der Waals surface area contributed by atoms with Crippen LogP contribution in [0.4, 0.5) is 57.5 Å². The minimum absolute atomic E-state index is 2.28. The second kappa shape index (κ2) is 5.86. The van der Waals surface area contributed by atoms with E-state index in [0.29, 0.717) is 0 Å². The largest absolute Gasteiger partial charge is 0.548 e. The molecule has 0 atom stereocenters. The standard InChI is InChI=1S/C5F12N2O3/c6-2(7,8)18(3(9,10)11)21-1(20)22-19(4(12,13)14)5(15,16)17. The fraction of sp³-hybridized carbons (Fsp3) is 0.800. The number of hydrogen-bond donors (Lipinski definition) is 0. The van der Waals surface area contributed by atoms with E-state index in [9.17, 15) is 57.5 Å². The van der Waals surface area contributed by atoms with E-state index in [-0.39, 0.29) is 0 Å². The van der Waals surface area contributed by atoms with Crippen LogP contribution in [-0.2, 0) is 9.68 Å². The Morgan fingerprint density at radius 1 is 0.545 bits per heavy atom. The molecule has 0 fully saturated rings. The molecule has 0 heterocycles. The first-order chi connectivity index (χ1) is 9.37. The maximum atomic E-state index is 11.8. The minimum Gasteiger partial charge on any atom is -0.318 e. The third-order valence-corrected chi connectivity index (χ3v) is 1.25. The fourth-order valence-corrected chi connectivity index (χ4v) is 0.660. The molecule has 0 bridgehead atoms. The van der Waals surface area contributed by atoms with Crippen LogP contribution in [0.15, 0.2) is 0 Å². The van der Waals surface area contributed by atoms with Gasteiger partial charge in [-0.1, -0.05) is 0 Å². The van der Waals surface area contributed by atoms with Crippen LogP contribution in [0, 0.1) is 0 Å². The second-order valence-electron chi connectivity index (χ2n) is 2.89. The van der Waals surface area contributed by atoms with Crippen molar-refractivity contribution in [1.29, 1.82) is 0 Å². The first-order valence-electron chi connectivity index (χ1n) is 4.14. The first-order valence-corrected chi connectivity index (χ1v) is 4.14. The normalized spacial score (nSPS) is 14.5. The molecule has 0 saturated heterocycles. The topological polar surface area (TPSA) is 42.0 Å². The number of alkyl halides is 12. The van der Waals surface area contributed by atoms with Crippen LogP contribution < -0.4 is 0 Å². The molecule has 17 heteroatoms. The van der Waals surface area contributed by atoms with Gasteiger partial charge < -0.3 is 9.68 Å². The van der Waals surface area contributed by atoms with E-state index >= 15 is 0 Å². The lowest BCUT2D eigenvalue weighted by atomic mass is 10.9. The summed E-state index contributed by atoms with van der Waals surface area (Å²) in [6, 6.07) is 0. The lowest BCUT2D eigenvalue weighted by Crippen LogP contribution is -2.52. The van der Waals surface area contributed by atoms with Gasteiger partial charge in [0.2, 0.25) is 0 Å². The van der Waals surface area contributed by atoms with Crippen molar-refractivity contribution in [1.82, 2.24) is 10.1 Å². The number of rotatable bonds is 2. The molecule has 0 unspecified atom stereocenters. The molecule has 0 N–H and O–H groups in total. The van der Waals surface area contributed by atoms with Crippen molar-refractivity contribution in [3.63, 3.8) is 0 Å². The molecule has 0 aromatic carbocycles. The minimum atomic E-state index is -6.52. The molecule has 0 aliphatic heterocycles. The van der Waals surface area contributed by atoms with Gasteiger partial charge >= 0.3 is 31.4 Å². The quantitative estimate of drug-likeness (QED) is 0.425. The highest BCUT2D eigenvalue weighted by atomic mass is 19.4. The van der Waals surface area contributed by atoms with Gasteiger partial charge in [0.25, 0.3) is 0 Å². The van der Waals surface area contributed by atoms with Crippen LogP contribution in [0.3, 0.4) is 0 Å². The zero-order valence-electron chi connectivity index (χ0n) is 9.15. The van der Waals surface area contributed by atoms with Gasteiger partial charge in [-0.05, 0) is 0 Å². The average molecular weight is 364 g/mol. The summed E-state index contributed by atoms with van der Waals surface area (Å²) < 4.78 is 142. The summed E-state index contributed by atoms with van der Waals surface area (Å²) in [6.45, 7) is 0. The zero-order chi connectivity index (χ0) is 18.1. The summed E-state index contributed by atoms with van der Waals surface area (Å²) in [5.41, 5.74) is 0. The molecular formula is C5F12N2O3. The lowest BCUT2D eigenvalue weighted by Gasteiger charge is -2.27. The zero-order valence-corrected chi connectivity index (χ0v) is 9.15. The third kappa shape index (κ3) is 6.00. The van der Waals surface area contributed by atoms with Crippen LogP contribution in [0.2, 0.25) is 0 Å². The van der Waals surface area contributed by atoms with E-state index < -0.39 is 41.5 Å². The molecule has 0 amide bonds. The SMILES string of the molecule is O=C(ON(C(F)(F)F)C(F)(F)F)ON(C(F)(F)F)C(F)(F)F. The van der Waals surface area contributed by atoms with E-state index in [1.54, 1.807) is 0 Å². The van der Waals surface area contributed by atoms with Crippen molar-refractivity contribution in [2.75, 3.05) is 0 Å². The number of halogens is 12. The Morgan fingerprint density at radius 2 is 0.727 bits per heavy atom. The summed E-state index contributed by atoms with van der Waals surface area (Å²) in [7, 11) is 0. The molecule has 22 heavy (non-hydrogen) atoms. The van der Waals surface area contributed by atoms with Crippen molar-refractivity contribution in [3.05, 3.63) is 0 Å². The third-order valence-electron chi connectivity index (χ3n) is 1.25. The number of carbonyl (C=O) groups excluding carboxylic acids is 1. The molecule has 0 aliphatic rings. The summed E-state index contributed by atoms with van der Waals surface area (Å²) in [5, 5.41) is -6.12. The number of hydroxylamine groups is 4. The molecular weight excluding hydrogens is 364 g/mol. The van der Waals surface area contributed by atoms with Gasteiger partial charge in [-0.3, -0.25) is 0 Å². The van der Waals surface area contributed by atoms with Crippen molar-refractivity contribution in [2.24, 2.45) is 0 Å². The summed E-state index contributed by atoms with van der Waals surface area (Å²) in [6.07, 6.45) is -29.7. The van der Waals surface area contributed by atoms with Gasteiger partial charge in [0, 0.05) is 0 Å². The maximum Gasteiger partial charge on any atom is 0.548 e. The Balaban J connectivity index is 5.20. The molecule has 5 nitrogen and oxygen atoms in total. The summed E-state index contributed by atoms with van der Waals surface area (Å²) in [5.74, 6) is 0.